The van der Waals surface area contributed by atoms with Crippen LogP contribution in [0.3, 0.4) is 0 Å². The molecular formula is C11H14FN3O2. The summed E-state index contributed by atoms with van der Waals surface area (Å²) in [6.07, 6.45) is 1.54. The highest BCUT2D eigenvalue weighted by molar-refractivity contribution is 5.63. The third-order valence-electron chi connectivity index (χ3n) is 3.01. The molecule has 1 aliphatic heterocycles. The van der Waals surface area contributed by atoms with Gasteiger partial charge in [0.05, 0.1) is 4.92 Å². The van der Waals surface area contributed by atoms with E-state index >= 15 is 0 Å². The zero-order valence-corrected chi connectivity index (χ0v) is 9.30. The fourth-order valence-corrected chi connectivity index (χ4v) is 2.04. The van der Waals surface area contributed by atoms with Gasteiger partial charge in [-0.1, -0.05) is 0 Å². The van der Waals surface area contributed by atoms with E-state index in [9.17, 15) is 14.5 Å². The second-order valence-electron chi connectivity index (χ2n) is 4.21. The van der Waals surface area contributed by atoms with Crippen molar-refractivity contribution in [1.29, 1.82) is 0 Å². The van der Waals surface area contributed by atoms with Crippen molar-refractivity contribution in [1.82, 2.24) is 0 Å². The Morgan fingerprint density at radius 1 is 1.41 bits per heavy atom. The molecule has 5 nitrogen and oxygen atoms in total. The number of halogens is 1. The highest BCUT2D eigenvalue weighted by Crippen LogP contribution is 2.30. The summed E-state index contributed by atoms with van der Waals surface area (Å²) >= 11 is 0. The van der Waals surface area contributed by atoms with Crippen LogP contribution < -0.4 is 10.6 Å². The van der Waals surface area contributed by atoms with Gasteiger partial charge in [-0.15, -0.1) is 0 Å². The molecule has 1 saturated heterocycles. The van der Waals surface area contributed by atoms with Crippen LogP contribution in [0.1, 0.15) is 12.8 Å². The molecular weight excluding hydrogens is 225 g/mol. The molecule has 1 fully saturated rings. The third-order valence-corrected chi connectivity index (χ3v) is 3.01. The van der Waals surface area contributed by atoms with Crippen LogP contribution in [0, 0.1) is 15.9 Å². The van der Waals surface area contributed by atoms with Gasteiger partial charge in [0.2, 0.25) is 0 Å². The summed E-state index contributed by atoms with van der Waals surface area (Å²) in [5.74, 6) is -0.458. The van der Waals surface area contributed by atoms with Gasteiger partial charge in [-0.2, -0.15) is 0 Å². The van der Waals surface area contributed by atoms with E-state index in [1.807, 2.05) is 4.90 Å². The first kappa shape index (κ1) is 11.8. The number of nitro benzene ring substituents is 1. The molecule has 17 heavy (non-hydrogen) atoms. The first-order valence-electron chi connectivity index (χ1n) is 5.52. The van der Waals surface area contributed by atoms with E-state index in [-0.39, 0.29) is 11.7 Å². The van der Waals surface area contributed by atoms with Gasteiger partial charge in [-0.3, -0.25) is 10.1 Å². The Bertz CT molecular complexity index is 431. The van der Waals surface area contributed by atoms with Crippen LogP contribution in [-0.2, 0) is 0 Å². The first-order valence-corrected chi connectivity index (χ1v) is 5.52. The number of nitro groups is 1. The molecule has 0 radical (unpaired) electrons. The molecule has 0 bridgehead atoms. The zero-order valence-electron chi connectivity index (χ0n) is 9.30. The van der Waals surface area contributed by atoms with Crippen molar-refractivity contribution in [3.05, 3.63) is 34.1 Å². The molecule has 6 heteroatoms. The summed E-state index contributed by atoms with van der Waals surface area (Å²) in [4.78, 5) is 12.2. The van der Waals surface area contributed by atoms with Gasteiger partial charge < -0.3 is 10.6 Å². The van der Waals surface area contributed by atoms with E-state index in [4.69, 9.17) is 5.73 Å². The second kappa shape index (κ2) is 4.67. The van der Waals surface area contributed by atoms with Crippen LogP contribution in [0.4, 0.5) is 15.8 Å². The van der Waals surface area contributed by atoms with Gasteiger partial charge in [0, 0.05) is 31.3 Å². The zero-order chi connectivity index (χ0) is 12.4. The molecule has 2 rings (SSSR count). The first-order chi connectivity index (χ1) is 8.08. The normalized spacial score (nSPS) is 17.2. The lowest BCUT2D eigenvalue weighted by atomic mass is 10.1. The van der Waals surface area contributed by atoms with Crippen LogP contribution in [-0.4, -0.2) is 24.1 Å². The molecule has 1 aromatic rings. The number of anilines is 1. The molecule has 1 aromatic carbocycles. The molecule has 0 atom stereocenters. The minimum atomic E-state index is -0.483. The fourth-order valence-electron chi connectivity index (χ4n) is 2.04. The van der Waals surface area contributed by atoms with Crippen molar-refractivity contribution in [2.45, 2.75) is 18.9 Å². The SMILES string of the molecule is NC1CCN(c2cc(F)ccc2[N+](=O)[O-])CC1. The average molecular weight is 239 g/mol. The van der Waals surface area contributed by atoms with E-state index in [2.05, 4.69) is 0 Å². The Kier molecular flexibility index (Phi) is 3.23. The molecule has 92 valence electrons. The highest BCUT2D eigenvalue weighted by Gasteiger charge is 2.23. The molecule has 1 aliphatic rings. The maximum absolute atomic E-state index is 13.2. The average Bonchev–Trinajstić information content (AvgIpc) is 2.29. The fraction of sp³-hybridized carbons (Fsp3) is 0.455. The Morgan fingerprint density at radius 3 is 2.65 bits per heavy atom. The predicted octanol–water partition coefficient (Wildman–Crippen LogP) is 1.66. The minimum Gasteiger partial charge on any atom is -0.366 e. The van der Waals surface area contributed by atoms with E-state index in [0.29, 0.717) is 18.8 Å². The van der Waals surface area contributed by atoms with Crippen LogP contribution in [0.2, 0.25) is 0 Å². The summed E-state index contributed by atoms with van der Waals surface area (Å²) < 4.78 is 13.2. The van der Waals surface area contributed by atoms with Gasteiger partial charge in [0.15, 0.2) is 0 Å². The van der Waals surface area contributed by atoms with Crippen LogP contribution in [0.25, 0.3) is 0 Å². The number of piperidine rings is 1. The van der Waals surface area contributed by atoms with E-state index in [0.717, 1.165) is 18.9 Å². The number of hydrogen-bond donors (Lipinski definition) is 1. The number of nitrogens with zero attached hydrogens (tertiary/aromatic N) is 2. The topological polar surface area (TPSA) is 72.4 Å². The standard InChI is InChI=1S/C11H14FN3O2/c12-8-1-2-10(15(16)17)11(7-8)14-5-3-9(13)4-6-14/h1-2,7,9H,3-6,13H2. The van der Waals surface area contributed by atoms with E-state index < -0.39 is 10.7 Å². The Hall–Kier alpha value is -1.69. The monoisotopic (exact) mass is 239 g/mol. The minimum absolute atomic E-state index is 0.0538. The van der Waals surface area contributed by atoms with Gasteiger partial charge in [0.25, 0.3) is 5.69 Å². The van der Waals surface area contributed by atoms with Crippen molar-refractivity contribution in [3.63, 3.8) is 0 Å². The molecule has 0 spiro atoms. The quantitative estimate of drug-likeness (QED) is 0.629. The Balaban J connectivity index is 2.30. The summed E-state index contributed by atoms with van der Waals surface area (Å²) in [7, 11) is 0. The van der Waals surface area contributed by atoms with Crippen molar-refractivity contribution < 1.29 is 9.31 Å². The summed E-state index contributed by atoms with van der Waals surface area (Å²) in [6, 6.07) is 3.67. The lowest BCUT2D eigenvalue weighted by Gasteiger charge is -2.31. The van der Waals surface area contributed by atoms with Crippen molar-refractivity contribution in [2.24, 2.45) is 5.73 Å². The van der Waals surface area contributed by atoms with Crippen LogP contribution in [0.15, 0.2) is 18.2 Å². The molecule has 0 unspecified atom stereocenters. The maximum atomic E-state index is 13.2. The number of benzene rings is 1. The maximum Gasteiger partial charge on any atom is 0.292 e. The molecule has 0 aromatic heterocycles. The summed E-state index contributed by atoms with van der Waals surface area (Å²) in [5, 5.41) is 10.9. The van der Waals surface area contributed by atoms with Crippen molar-refractivity contribution >= 4 is 11.4 Å². The van der Waals surface area contributed by atoms with Crippen molar-refractivity contribution in [2.75, 3.05) is 18.0 Å². The van der Waals surface area contributed by atoms with Gasteiger partial charge in [0.1, 0.15) is 11.5 Å². The summed E-state index contributed by atoms with van der Waals surface area (Å²) in [5.41, 5.74) is 6.06. The van der Waals surface area contributed by atoms with Gasteiger partial charge >= 0.3 is 0 Å². The molecule has 2 N–H and O–H groups in total. The Labute approximate surface area is 98.2 Å². The molecule has 0 aliphatic carbocycles. The van der Waals surface area contributed by atoms with E-state index in [1.165, 1.54) is 12.1 Å². The van der Waals surface area contributed by atoms with Gasteiger partial charge in [-0.25, -0.2) is 4.39 Å². The largest absolute Gasteiger partial charge is 0.366 e. The van der Waals surface area contributed by atoms with Gasteiger partial charge in [-0.05, 0) is 18.9 Å². The lowest BCUT2D eigenvalue weighted by Crippen LogP contribution is -2.39. The lowest BCUT2D eigenvalue weighted by molar-refractivity contribution is -0.384. The third kappa shape index (κ3) is 2.52. The van der Waals surface area contributed by atoms with E-state index in [1.54, 1.807) is 0 Å². The molecule has 0 saturated carbocycles. The smallest absolute Gasteiger partial charge is 0.292 e. The number of nitrogens with two attached hydrogens (primary N) is 1. The highest BCUT2D eigenvalue weighted by atomic mass is 19.1. The van der Waals surface area contributed by atoms with Crippen molar-refractivity contribution in [3.8, 4) is 0 Å². The second-order valence-corrected chi connectivity index (χ2v) is 4.21. The molecule has 1 heterocycles. The predicted molar refractivity (Wildman–Crippen MR) is 62.5 cm³/mol. The molecule has 0 amide bonds. The van der Waals surface area contributed by atoms with Crippen LogP contribution >= 0.6 is 0 Å². The number of rotatable bonds is 2. The Morgan fingerprint density at radius 2 is 2.06 bits per heavy atom. The van der Waals surface area contributed by atoms with Crippen LogP contribution in [0.5, 0.6) is 0 Å². The summed E-state index contributed by atoms with van der Waals surface area (Å²) in [6.45, 7) is 1.26. The number of hydrogen-bond acceptors (Lipinski definition) is 4.